The molecule has 0 spiro atoms. The van der Waals surface area contributed by atoms with Gasteiger partial charge >= 0.3 is 0 Å². The molecule has 18 aliphatic rings. The van der Waals surface area contributed by atoms with Gasteiger partial charge in [-0.2, -0.15) is 0 Å². The zero-order valence-corrected chi connectivity index (χ0v) is 68.3. The van der Waals surface area contributed by atoms with Crippen LogP contribution in [0.15, 0.2) is 0 Å². The van der Waals surface area contributed by atoms with Crippen molar-refractivity contribution in [3.8, 4) is 0 Å². The van der Waals surface area contributed by atoms with Gasteiger partial charge in [0, 0.05) is 5.92 Å². The molecule has 18 aliphatic carbocycles. The van der Waals surface area contributed by atoms with Gasteiger partial charge in [0.2, 0.25) is 0 Å². The van der Waals surface area contributed by atoms with Gasteiger partial charge in [-0.05, 0) is 303 Å². The fourth-order valence-corrected chi connectivity index (χ4v) is 27.9. The van der Waals surface area contributed by atoms with Crippen molar-refractivity contribution in [2.75, 3.05) is 0 Å². The van der Waals surface area contributed by atoms with Gasteiger partial charge < -0.3 is 86.8 Å². The molecule has 0 aliphatic heterocycles. The summed E-state index contributed by atoms with van der Waals surface area (Å²) in [5.74, 6) is 12.2. The molecule has 17 nitrogen and oxygen atoms in total. The average Bonchev–Trinajstić information content (AvgIpc) is 1.55. The van der Waals surface area contributed by atoms with Gasteiger partial charge in [-0.3, -0.25) is 0 Å². The predicted octanol–water partition coefficient (Wildman–Crippen LogP) is 11.9. The Labute approximate surface area is 647 Å². The third-order valence-electron chi connectivity index (χ3n) is 33.9. The molecule has 0 aromatic rings. The number of hydrogen-bond donors (Lipinski definition) is 17. The Kier molecular flexibility index (Phi) is 32.4. The minimum atomic E-state index is -0.705. The molecule has 0 radical (unpaired) electrons. The Morgan fingerprint density at radius 1 is 0.224 bits per heavy atom. The summed E-state index contributed by atoms with van der Waals surface area (Å²) in [5, 5.41) is 165. The normalized spacial score (nSPS) is 51.4. The Balaban J connectivity index is 0.000000129. The van der Waals surface area contributed by atoms with Gasteiger partial charge in [0.15, 0.2) is 0 Å². The fourth-order valence-electron chi connectivity index (χ4n) is 27.9. The summed E-state index contributed by atoms with van der Waals surface area (Å²) in [5.41, 5.74) is -2.11. The van der Waals surface area contributed by atoms with E-state index < -0.39 is 90.1 Å². The predicted molar refractivity (Wildman–Crippen MR) is 418 cm³/mol. The Hall–Kier alpha value is -0.680. The van der Waals surface area contributed by atoms with Crippen LogP contribution in [0.4, 0.5) is 0 Å². The molecule has 0 heterocycles. The molecule has 0 saturated heterocycles. The van der Waals surface area contributed by atoms with Gasteiger partial charge in [0.1, 0.15) is 0 Å². The summed E-state index contributed by atoms with van der Waals surface area (Å²) in [6.45, 7) is 19.5. The maximum atomic E-state index is 10.0. The van der Waals surface area contributed by atoms with Crippen molar-refractivity contribution in [3.63, 3.8) is 0 Å². The maximum absolute atomic E-state index is 10.0. The fraction of sp³-hybridized carbons (Fsp3) is 1.00. The molecule has 41 atom stereocenters. The van der Waals surface area contributed by atoms with E-state index in [1.165, 1.54) is 116 Å². The lowest BCUT2D eigenvalue weighted by atomic mass is 9.81. The van der Waals surface area contributed by atoms with Crippen LogP contribution in [0.3, 0.4) is 0 Å². The number of rotatable bonds is 18. The largest absolute Gasteiger partial charge is 0.393 e. The summed E-state index contributed by atoms with van der Waals surface area (Å²) in [6, 6.07) is 0. The SMILES string of the molecule is CCC1C(O)C2CC1C(O)C2O.CCC1C2CCC(O)(C2)C1O.CCC1CC2CC1C(O)C2O.CCCC1C2CCC(C2)C1O.CCCC1C2CCC(O)(C2)C1O.CCCC1CC2CC1C(O)C2O.CCCCC1C2CCC(C2)C1O.CCCCC1C2CCC(O)(C2)C1O.CCCCC1CC2CC1C(O)C2O. The molecule has 0 aromatic carbocycles. The third kappa shape index (κ3) is 19.0. The summed E-state index contributed by atoms with van der Waals surface area (Å²) < 4.78 is 0. The van der Waals surface area contributed by atoms with Crippen LogP contribution in [0.5, 0.6) is 0 Å². The summed E-state index contributed by atoms with van der Waals surface area (Å²) in [4.78, 5) is 0. The molecular formula is C90H162O17. The summed E-state index contributed by atoms with van der Waals surface area (Å²) in [6.07, 6.45) is 39.8. The number of aliphatic hydroxyl groups is 17. The van der Waals surface area contributed by atoms with Crippen molar-refractivity contribution in [1.82, 2.24) is 0 Å². The van der Waals surface area contributed by atoms with E-state index in [0.29, 0.717) is 112 Å². The van der Waals surface area contributed by atoms with Gasteiger partial charge in [0.25, 0.3) is 0 Å². The van der Waals surface area contributed by atoms with Crippen LogP contribution in [0, 0.1) is 142 Å². The second kappa shape index (κ2) is 39.1. The van der Waals surface area contributed by atoms with Crippen molar-refractivity contribution in [1.29, 1.82) is 0 Å². The lowest BCUT2D eigenvalue weighted by Gasteiger charge is -2.33. The van der Waals surface area contributed by atoms with Crippen molar-refractivity contribution in [3.05, 3.63) is 0 Å². The topological polar surface area (TPSA) is 344 Å². The molecule has 17 N–H and O–H groups in total. The van der Waals surface area contributed by atoms with Gasteiger partial charge in [-0.15, -0.1) is 0 Å². The van der Waals surface area contributed by atoms with E-state index in [0.717, 1.165) is 153 Å². The van der Waals surface area contributed by atoms with Gasteiger partial charge in [-0.25, -0.2) is 0 Å². The standard InChI is InChI=1S/2C11H20O2.C11H20O.2C10H18O2.C10H18O.C9H16O3.2C9H16O2/c1-2-3-4-7-5-8-6-9(7)11(13)10(8)12;1-2-3-4-9-8-5-6-11(13,7-8)10(9)12;1-2-3-4-10-8-5-6-9(7-8)11(10)12;1-2-3-6-4-7-5-8(6)10(12)9(7)11;1-2-3-8-7-4-5-10(12,6-7)9(8)11;1-2-3-9-7-4-5-8(6-7)10(9)11;1-2-4-5-3-6(7(4)10)9(12)8(5)11;1-2-5-3-6-4-7(5)9(11)8(6)10;1-2-7-6-3-4-9(11,5-6)8(7)10/h7-13H,2-6H2,1H3;8-10,12-13H,2-7H2,1H3;8-12H,2-7H2,1H3;6-12H,2-5H2,1H3;7-9,11-12H,2-6H2,1H3;7-11H,2-6H2,1H3;4-12H,2-3H2,1H3;5-11H,2-4H2,1H3;6-8,10-11H,2-5H2,1H3. The van der Waals surface area contributed by atoms with Crippen LogP contribution < -0.4 is 0 Å². The number of hydrogen-bond acceptors (Lipinski definition) is 17. The van der Waals surface area contributed by atoms with E-state index in [2.05, 4.69) is 55.4 Å². The number of aliphatic hydroxyl groups excluding tert-OH is 14. The lowest BCUT2D eigenvalue weighted by Crippen LogP contribution is -2.44. The number of fused-ring (bicyclic) bond motifs is 18. The van der Waals surface area contributed by atoms with E-state index in [-0.39, 0.29) is 30.0 Å². The molecule has 0 aromatic heterocycles. The second-order valence-electron chi connectivity index (χ2n) is 39.7. The summed E-state index contributed by atoms with van der Waals surface area (Å²) in [7, 11) is 0. The second-order valence-corrected chi connectivity index (χ2v) is 39.7. The third-order valence-corrected chi connectivity index (χ3v) is 33.9. The van der Waals surface area contributed by atoms with Gasteiger partial charge in [-0.1, -0.05) is 152 Å². The highest BCUT2D eigenvalue weighted by molar-refractivity contribution is 5.11. The van der Waals surface area contributed by atoms with Crippen molar-refractivity contribution < 1.29 is 86.8 Å². The van der Waals surface area contributed by atoms with E-state index in [4.69, 9.17) is 0 Å². The zero-order chi connectivity index (χ0) is 77.7. The first-order valence-electron chi connectivity index (χ1n) is 45.7. The highest BCUT2D eigenvalue weighted by Crippen LogP contribution is 2.58. The Bertz CT molecular complexity index is 2590. The van der Waals surface area contributed by atoms with E-state index in [9.17, 15) is 86.8 Å². The molecule has 17 heteroatoms. The Morgan fingerprint density at radius 3 is 0.897 bits per heavy atom. The van der Waals surface area contributed by atoms with Crippen LogP contribution in [0.1, 0.15) is 319 Å². The van der Waals surface area contributed by atoms with E-state index in [1.807, 2.05) is 6.92 Å². The highest BCUT2D eigenvalue weighted by atomic mass is 16.4. The molecule has 0 amide bonds. The van der Waals surface area contributed by atoms with Crippen LogP contribution in [-0.4, -0.2) is 189 Å². The molecule has 107 heavy (non-hydrogen) atoms. The monoisotopic (exact) mass is 1520 g/mol. The first kappa shape index (κ1) is 88.7. The van der Waals surface area contributed by atoms with Crippen LogP contribution >= 0.6 is 0 Å². The highest BCUT2D eigenvalue weighted by Gasteiger charge is 2.60. The van der Waals surface area contributed by atoms with Gasteiger partial charge in [0.05, 0.1) is 102 Å². The molecule has 18 rings (SSSR count). The van der Waals surface area contributed by atoms with Crippen molar-refractivity contribution in [2.24, 2.45) is 142 Å². The maximum Gasteiger partial charge on any atom is 0.0911 e. The smallest absolute Gasteiger partial charge is 0.0911 e. The molecule has 18 fully saturated rings. The summed E-state index contributed by atoms with van der Waals surface area (Å²) >= 11 is 0. The number of unbranched alkanes of at least 4 members (excludes halogenated alkanes) is 3. The van der Waals surface area contributed by atoms with Crippen LogP contribution in [-0.2, 0) is 0 Å². The molecule has 624 valence electrons. The molecule has 18 bridgehead atoms. The van der Waals surface area contributed by atoms with Crippen LogP contribution in [0.25, 0.3) is 0 Å². The zero-order valence-electron chi connectivity index (χ0n) is 68.3. The minimum Gasteiger partial charge on any atom is -0.393 e. The van der Waals surface area contributed by atoms with Crippen molar-refractivity contribution in [2.45, 2.75) is 421 Å². The average molecular weight is 1520 g/mol. The molecule has 41 unspecified atom stereocenters. The van der Waals surface area contributed by atoms with Crippen LogP contribution in [0.2, 0.25) is 0 Å². The van der Waals surface area contributed by atoms with E-state index in [1.54, 1.807) is 0 Å². The molecular weight excluding hydrogens is 1350 g/mol. The quantitative estimate of drug-likeness (QED) is 0.0606. The van der Waals surface area contributed by atoms with Crippen molar-refractivity contribution >= 4 is 0 Å². The Morgan fingerprint density at radius 2 is 0.561 bits per heavy atom. The molecule has 18 saturated carbocycles. The minimum absolute atomic E-state index is 0.0636. The first-order valence-corrected chi connectivity index (χ1v) is 45.7. The first-order chi connectivity index (χ1) is 51.0. The lowest BCUT2D eigenvalue weighted by molar-refractivity contribution is -0.0868. The van der Waals surface area contributed by atoms with E-state index >= 15 is 0 Å².